The van der Waals surface area contributed by atoms with Crippen LogP contribution in [-0.2, 0) is 21.9 Å². The molecule has 0 aromatic heterocycles. The molecule has 0 atom stereocenters. The van der Waals surface area contributed by atoms with Gasteiger partial charge in [0.2, 0.25) is 5.91 Å². The molecule has 12 heteroatoms. The van der Waals surface area contributed by atoms with Crippen LogP contribution in [0.3, 0.4) is 0 Å². The highest BCUT2D eigenvalue weighted by molar-refractivity contribution is 6.10. The first kappa shape index (κ1) is 23.9. The fourth-order valence-corrected chi connectivity index (χ4v) is 4.04. The Balaban J connectivity index is 1.77. The fourth-order valence-electron chi connectivity index (χ4n) is 4.04. The molecule has 1 aliphatic carbocycles. The zero-order chi connectivity index (χ0) is 23.7. The molecule has 1 spiro atoms. The van der Waals surface area contributed by atoms with Gasteiger partial charge in [-0.1, -0.05) is 32.1 Å². The molecule has 2 fully saturated rings. The molecule has 0 radical (unpaired) electrons. The van der Waals surface area contributed by atoms with E-state index >= 15 is 0 Å². The van der Waals surface area contributed by atoms with Crippen molar-refractivity contribution in [2.24, 2.45) is 0 Å². The Morgan fingerprint density at radius 3 is 1.91 bits per heavy atom. The normalized spacial score (nSPS) is 19.5. The summed E-state index contributed by atoms with van der Waals surface area (Å²) in [5.74, 6) is -1.71. The molecule has 6 nitrogen and oxygen atoms in total. The van der Waals surface area contributed by atoms with Crippen molar-refractivity contribution in [1.82, 2.24) is 10.2 Å². The molecule has 1 aliphatic heterocycles. The van der Waals surface area contributed by atoms with Gasteiger partial charge in [0.15, 0.2) is 0 Å². The van der Waals surface area contributed by atoms with Gasteiger partial charge in [-0.2, -0.15) is 26.3 Å². The number of hydrogen-bond donors (Lipinski definition) is 2. The van der Waals surface area contributed by atoms with Gasteiger partial charge in [-0.05, 0) is 31.0 Å². The van der Waals surface area contributed by atoms with Crippen LogP contribution in [0, 0.1) is 0 Å². The summed E-state index contributed by atoms with van der Waals surface area (Å²) >= 11 is 0. The second-order valence-electron chi connectivity index (χ2n) is 8.01. The number of nitrogens with zero attached hydrogens (tertiary/aromatic N) is 1. The molecule has 0 unspecified atom stereocenters. The molecular weight excluding hydrogens is 444 g/mol. The average molecular weight is 465 g/mol. The van der Waals surface area contributed by atoms with Gasteiger partial charge in [-0.15, -0.1) is 0 Å². The summed E-state index contributed by atoms with van der Waals surface area (Å²) in [4.78, 5) is 38.2. The number of carbonyl (C=O) groups excluding carboxylic acids is 3. The maximum absolute atomic E-state index is 13.0. The number of rotatable bonds is 3. The van der Waals surface area contributed by atoms with Gasteiger partial charge in [0.05, 0.1) is 11.1 Å². The molecule has 3 rings (SSSR count). The second-order valence-corrected chi connectivity index (χ2v) is 8.01. The van der Waals surface area contributed by atoms with E-state index in [-0.39, 0.29) is 6.07 Å². The second kappa shape index (κ2) is 8.62. The maximum Gasteiger partial charge on any atom is 0.416 e. The van der Waals surface area contributed by atoms with Gasteiger partial charge in [0.1, 0.15) is 12.1 Å². The molecule has 176 valence electrons. The van der Waals surface area contributed by atoms with Crippen molar-refractivity contribution < 1.29 is 40.7 Å². The number of urea groups is 1. The number of halogens is 6. The first-order valence-corrected chi connectivity index (χ1v) is 10.1. The summed E-state index contributed by atoms with van der Waals surface area (Å²) in [5.41, 5.74) is -5.06. The third kappa shape index (κ3) is 5.16. The van der Waals surface area contributed by atoms with Crippen LogP contribution in [0.25, 0.3) is 0 Å². The quantitative estimate of drug-likeness (QED) is 0.502. The lowest BCUT2D eigenvalue weighted by molar-refractivity contribution is -0.143. The van der Waals surface area contributed by atoms with Crippen LogP contribution in [0.4, 0.5) is 36.8 Å². The van der Waals surface area contributed by atoms with E-state index in [1.54, 1.807) is 0 Å². The highest BCUT2D eigenvalue weighted by atomic mass is 19.4. The van der Waals surface area contributed by atoms with Crippen LogP contribution in [-0.4, -0.2) is 34.8 Å². The van der Waals surface area contributed by atoms with Crippen molar-refractivity contribution in [1.29, 1.82) is 0 Å². The topological polar surface area (TPSA) is 78.5 Å². The van der Waals surface area contributed by atoms with Crippen molar-refractivity contribution in [3.05, 3.63) is 29.3 Å². The van der Waals surface area contributed by atoms with Gasteiger partial charge in [0.25, 0.3) is 5.91 Å². The number of benzene rings is 1. The minimum atomic E-state index is -5.07. The number of hydrogen-bond acceptors (Lipinski definition) is 3. The van der Waals surface area contributed by atoms with Gasteiger partial charge in [-0.25, -0.2) is 4.79 Å². The molecule has 1 aromatic rings. The first-order chi connectivity index (χ1) is 14.8. The molecule has 1 saturated carbocycles. The summed E-state index contributed by atoms with van der Waals surface area (Å²) in [6.07, 6.45) is -5.14. The van der Waals surface area contributed by atoms with Crippen molar-refractivity contribution >= 4 is 23.5 Å². The van der Waals surface area contributed by atoms with E-state index in [4.69, 9.17) is 0 Å². The van der Waals surface area contributed by atoms with E-state index in [1.807, 2.05) is 5.32 Å². The van der Waals surface area contributed by atoms with Crippen molar-refractivity contribution in [3.8, 4) is 0 Å². The van der Waals surface area contributed by atoms with Crippen LogP contribution in [0.5, 0.6) is 0 Å². The zero-order valence-electron chi connectivity index (χ0n) is 16.8. The lowest BCUT2D eigenvalue weighted by atomic mass is 9.84. The standard InChI is InChI=1S/C20H21F6N3O3/c21-19(22,23)12-8-13(20(24,25)26)10-14(9-12)27-15(30)11-29-16(31)18(28-17(29)32)6-4-2-1-3-5-7-18/h8-10H,1-7,11H2,(H,27,30)(H,28,32). The number of anilines is 1. The van der Waals surface area contributed by atoms with Gasteiger partial charge < -0.3 is 10.6 Å². The smallest absolute Gasteiger partial charge is 0.325 e. The SMILES string of the molecule is O=C(CN1C(=O)NC2(CCCCCCC2)C1=O)Nc1cc(C(F)(F)F)cc(C(F)(F)F)c1. The fraction of sp³-hybridized carbons (Fsp3) is 0.550. The number of alkyl halides is 6. The number of imide groups is 1. The molecule has 1 heterocycles. The Kier molecular flexibility index (Phi) is 6.43. The molecule has 0 bridgehead atoms. The summed E-state index contributed by atoms with van der Waals surface area (Å²) in [6, 6.07) is -0.165. The van der Waals surface area contributed by atoms with Crippen LogP contribution in [0.1, 0.15) is 56.1 Å². The Morgan fingerprint density at radius 1 is 0.906 bits per heavy atom. The van der Waals surface area contributed by atoms with Crippen molar-refractivity contribution in [2.45, 2.75) is 62.8 Å². The van der Waals surface area contributed by atoms with E-state index in [1.165, 1.54) is 0 Å². The summed E-state index contributed by atoms with van der Waals surface area (Å²) in [5, 5.41) is 4.56. The Labute approximate surface area is 179 Å². The van der Waals surface area contributed by atoms with E-state index in [0.29, 0.717) is 42.7 Å². The molecular formula is C20H21F6N3O3. The van der Waals surface area contributed by atoms with Gasteiger partial charge >= 0.3 is 18.4 Å². The third-order valence-electron chi connectivity index (χ3n) is 5.63. The Bertz CT molecular complexity index is 873. The van der Waals surface area contributed by atoms with Crippen molar-refractivity contribution in [2.75, 3.05) is 11.9 Å². The van der Waals surface area contributed by atoms with Crippen molar-refractivity contribution in [3.63, 3.8) is 0 Å². The Hall–Kier alpha value is -2.79. The van der Waals surface area contributed by atoms with Crippen LogP contribution in [0.15, 0.2) is 18.2 Å². The van der Waals surface area contributed by atoms with Crippen LogP contribution in [0.2, 0.25) is 0 Å². The lowest BCUT2D eigenvalue weighted by Gasteiger charge is -2.28. The predicted molar refractivity (Wildman–Crippen MR) is 100 cm³/mol. The first-order valence-electron chi connectivity index (χ1n) is 10.1. The number of carbonyl (C=O) groups is 3. The van der Waals surface area contributed by atoms with E-state index in [0.717, 1.165) is 19.3 Å². The predicted octanol–water partition coefficient (Wildman–Crippen LogP) is 4.70. The number of nitrogens with one attached hydrogen (secondary N) is 2. The zero-order valence-corrected chi connectivity index (χ0v) is 16.8. The molecule has 32 heavy (non-hydrogen) atoms. The van der Waals surface area contributed by atoms with E-state index < -0.39 is 59.1 Å². The summed E-state index contributed by atoms with van der Waals surface area (Å²) in [7, 11) is 0. The molecule has 1 aromatic carbocycles. The minimum Gasteiger partial charge on any atom is -0.325 e. The maximum atomic E-state index is 13.0. The van der Waals surface area contributed by atoms with E-state index in [9.17, 15) is 40.7 Å². The molecule has 1 saturated heterocycles. The average Bonchev–Trinajstić information content (AvgIpc) is 2.88. The summed E-state index contributed by atoms with van der Waals surface area (Å²) < 4.78 is 77.9. The highest BCUT2D eigenvalue weighted by Crippen LogP contribution is 2.37. The van der Waals surface area contributed by atoms with Crippen LogP contribution < -0.4 is 10.6 Å². The molecule has 2 N–H and O–H groups in total. The highest BCUT2D eigenvalue weighted by Gasteiger charge is 2.50. The lowest BCUT2D eigenvalue weighted by Crippen LogP contribution is -2.47. The summed E-state index contributed by atoms with van der Waals surface area (Å²) in [6.45, 7) is -0.829. The van der Waals surface area contributed by atoms with Gasteiger partial charge in [0, 0.05) is 5.69 Å². The third-order valence-corrected chi connectivity index (χ3v) is 5.63. The minimum absolute atomic E-state index is 0.0640. The molecule has 2 aliphatic rings. The van der Waals surface area contributed by atoms with E-state index in [2.05, 4.69) is 5.32 Å². The monoisotopic (exact) mass is 465 g/mol. The Morgan fingerprint density at radius 2 is 1.41 bits per heavy atom. The largest absolute Gasteiger partial charge is 0.416 e. The van der Waals surface area contributed by atoms with Crippen LogP contribution >= 0.6 is 0 Å². The van der Waals surface area contributed by atoms with Gasteiger partial charge in [-0.3, -0.25) is 14.5 Å². The molecule has 4 amide bonds. The number of amides is 4.